The van der Waals surface area contributed by atoms with Gasteiger partial charge in [0, 0.05) is 24.7 Å². The van der Waals surface area contributed by atoms with Crippen molar-refractivity contribution in [2.75, 3.05) is 23.9 Å². The molecule has 2 aromatic carbocycles. The number of anilines is 2. The van der Waals surface area contributed by atoms with E-state index in [0.29, 0.717) is 18.0 Å². The zero-order chi connectivity index (χ0) is 22.1. The number of ether oxygens (including phenoxy) is 1. The van der Waals surface area contributed by atoms with Crippen molar-refractivity contribution in [3.05, 3.63) is 65.5 Å². The average Bonchev–Trinajstić information content (AvgIpc) is 3.29. The smallest absolute Gasteiger partial charge is 0.229 e. The maximum Gasteiger partial charge on any atom is 0.229 e. The highest BCUT2D eigenvalue weighted by atomic mass is 16.5. The monoisotopic (exact) mass is 418 g/mol. The Hall–Kier alpha value is -3.61. The molecular formula is C24H26N4O3. The van der Waals surface area contributed by atoms with Gasteiger partial charge in [0.15, 0.2) is 0 Å². The molecule has 0 aliphatic carbocycles. The molecule has 1 fully saturated rings. The molecule has 1 aliphatic rings. The summed E-state index contributed by atoms with van der Waals surface area (Å²) in [7, 11) is 1.59. The molecule has 0 saturated carbocycles. The van der Waals surface area contributed by atoms with Crippen LogP contribution in [-0.2, 0) is 9.59 Å². The van der Waals surface area contributed by atoms with Gasteiger partial charge in [0.2, 0.25) is 11.8 Å². The van der Waals surface area contributed by atoms with Crippen LogP contribution in [0.1, 0.15) is 23.4 Å². The number of hydrogen-bond donors (Lipinski definition) is 1. The molecule has 2 heterocycles. The third-order valence-corrected chi connectivity index (χ3v) is 5.68. The van der Waals surface area contributed by atoms with Crippen LogP contribution in [0.25, 0.3) is 5.69 Å². The minimum Gasteiger partial charge on any atom is -0.497 e. The van der Waals surface area contributed by atoms with Crippen LogP contribution in [0.5, 0.6) is 5.75 Å². The Balaban J connectivity index is 1.51. The zero-order valence-electron chi connectivity index (χ0n) is 18.2. The summed E-state index contributed by atoms with van der Waals surface area (Å²) in [5.74, 6) is -0.00111. The van der Waals surface area contributed by atoms with E-state index >= 15 is 0 Å². The molecule has 0 spiro atoms. The summed E-state index contributed by atoms with van der Waals surface area (Å²) in [5, 5.41) is 7.61. The van der Waals surface area contributed by atoms with Crippen LogP contribution in [-0.4, -0.2) is 35.2 Å². The molecule has 1 N–H and O–H groups in total. The summed E-state index contributed by atoms with van der Waals surface area (Å²) in [4.78, 5) is 27.2. The molecule has 31 heavy (non-hydrogen) atoms. The maximum atomic E-state index is 13.0. The molecule has 1 aromatic heterocycles. The second-order valence-corrected chi connectivity index (χ2v) is 7.89. The van der Waals surface area contributed by atoms with E-state index in [1.54, 1.807) is 18.1 Å². The van der Waals surface area contributed by atoms with Gasteiger partial charge in [0.25, 0.3) is 0 Å². The standard InChI is InChI=1S/C24H26N4O3/c1-15-8-10-19(11-9-15)28-17(3)23(16(2)26-28)25-24(30)18-12-22(29)27(14-18)20-6-5-7-21(13-20)31-4/h5-11,13,18H,12,14H2,1-4H3,(H,25,30). The van der Waals surface area contributed by atoms with Crippen molar-refractivity contribution >= 4 is 23.2 Å². The molecule has 1 saturated heterocycles. The van der Waals surface area contributed by atoms with Crippen LogP contribution < -0.4 is 15.0 Å². The van der Waals surface area contributed by atoms with Gasteiger partial charge in [-0.2, -0.15) is 5.10 Å². The molecule has 3 aromatic rings. The van der Waals surface area contributed by atoms with E-state index in [4.69, 9.17) is 4.74 Å². The molecule has 1 aliphatic heterocycles. The molecule has 7 nitrogen and oxygen atoms in total. The number of benzene rings is 2. The highest BCUT2D eigenvalue weighted by Gasteiger charge is 2.35. The Labute approximate surface area is 181 Å². The topological polar surface area (TPSA) is 76.5 Å². The summed E-state index contributed by atoms with van der Waals surface area (Å²) < 4.78 is 7.07. The van der Waals surface area contributed by atoms with Gasteiger partial charge in [-0.05, 0) is 45.0 Å². The largest absolute Gasteiger partial charge is 0.497 e. The number of rotatable bonds is 5. The van der Waals surface area contributed by atoms with E-state index in [1.807, 2.05) is 67.9 Å². The van der Waals surface area contributed by atoms with E-state index in [-0.39, 0.29) is 18.2 Å². The van der Waals surface area contributed by atoms with Crippen LogP contribution in [0.3, 0.4) is 0 Å². The molecule has 2 amide bonds. The van der Waals surface area contributed by atoms with Crippen molar-refractivity contribution in [1.29, 1.82) is 0 Å². The number of carbonyl (C=O) groups excluding carboxylic acids is 2. The number of aromatic nitrogens is 2. The van der Waals surface area contributed by atoms with Crippen molar-refractivity contribution in [2.45, 2.75) is 27.2 Å². The zero-order valence-corrected chi connectivity index (χ0v) is 18.2. The van der Waals surface area contributed by atoms with Gasteiger partial charge < -0.3 is 15.0 Å². The number of aryl methyl sites for hydroxylation is 2. The number of methoxy groups -OCH3 is 1. The number of nitrogens with one attached hydrogen (secondary N) is 1. The van der Waals surface area contributed by atoms with Crippen molar-refractivity contribution in [3.8, 4) is 11.4 Å². The molecular weight excluding hydrogens is 392 g/mol. The highest BCUT2D eigenvalue weighted by molar-refractivity contribution is 6.03. The number of hydrogen-bond acceptors (Lipinski definition) is 4. The molecule has 1 unspecified atom stereocenters. The Morgan fingerprint density at radius 1 is 1.10 bits per heavy atom. The predicted molar refractivity (Wildman–Crippen MR) is 120 cm³/mol. The van der Waals surface area contributed by atoms with Crippen LogP contribution in [0.2, 0.25) is 0 Å². The number of nitrogens with zero attached hydrogens (tertiary/aromatic N) is 3. The SMILES string of the molecule is COc1cccc(N2CC(C(=O)Nc3c(C)nn(-c4ccc(C)cc4)c3C)CC2=O)c1. The third-order valence-electron chi connectivity index (χ3n) is 5.68. The summed E-state index contributed by atoms with van der Waals surface area (Å²) in [6.07, 6.45) is 0.174. The first-order valence-electron chi connectivity index (χ1n) is 10.3. The fourth-order valence-electron chi connectivity index (χ4n) is 3.90. The first-order chi connectivity index (χ1) is 14.9. The number of carbonyl (C=O) groups is 2. The minimum absolute atomic E-state index is 0.0720. The van der Waals surface area contributed by atoms with E-state index < -0.39 is 5.92 Å². The molecule has 1 atom stereocenters. The van der Waals surface area contributed by atoms with Crippen LogP contribution >= 0.6 is 0 Å². The van der Waals surface area contributed by atoms with Gasteiger partial charge in [0.05, 0.1) is 35.8 Å². The molecule has 0 bridgehead atoms. The van der Waals surface area contributed by atoms with E-state index in [0.717, 1.165) is 22.8 Å². The van der Waals surface area contributed by atoms with Gasteiger partial charge >= 0.3 is 0 Å². The van der Waals surface area contributed by atoms with Gasteiger partial charge in [-0.15, -0.1) is 0 Å². The Kier molecular flexibility index (Phi) is 5.50. The highest BCUT2D eigenvalue weighted by Crippen LogP contribution is 2.30. The lowest BCUT2D eigenvalue weighted by atomic mass is 10.1. The van der Waals surface area contributed by atoms with Crippen LogP contribution in [0, 0.1) is 26.7 Å². The van der Waals surface area contributed by atoms with Crippen LogP contribution in [0.4, 0.5) is 11.4 Å². The van der Waals surface area contributed by atoms with E-state index in [1.165, 1.54) is 5.56 Å². The lowest BCUT2D eigenvalue weighted by Crippen LogP contribution is -2.28. The molecule has 4 rings (SSSR count). The van der Waals surface area contributed by atoms with Crippen molar-refractivity contribution < 1.29 is 14.3 Å². The first-order valence-corrected chi connectivity index (χ1v) is 10.3. The quantitative estimate of drug-likeness (QED) is 0.684. The summed E-state index contributed by atoms with van der Waals surface area (Å²) in [5.41, 5.74) is 5.12. The molecule has 160 valence electrons. The van der Waals surface area contributed by atoms with Crippen molar-refractivity contribution in [3.63, 3.8) is 0 Å². The second-order valence-electron chi connectivity index (χ2n) is 7.89. The molecule has 7 heteroatoms. The Morgan fingerprint density at radius 3 is 2.55 bits per heavy atom. The van der Waals surface area contributed by atoms with E-state index in [2.05, 4.69) is 10.4 Å². The first kappa shape index (κ1) is 20.7. The van der Waals surface area contributed by atoms with Crippen LogP contribution in [0.15, 0.2) is 48.5 Å². The predicted octanol–water partition coefficient (Wildman–Crippen LogP) is 3.80. The maximum absolute atomic E-state index is 13.0. The van der Waals surface area contributed by atoms with E-state index in [9.17, 15) is 9.59 Å². The summed E-state index contributed by atoms with van der Waals surface area (Å²) in [6, 6.07) is 15.4. The Bertz CT molecular complexity index is 1130. The Morgan fingerprint density at radius 2 is 1.84 bits per heavy atom. The molecule has 0 radical (unpaired) electrons. The number of amides is 2. The van der Waals surface area contributed by atoms with Gasteiger partial charge in [-0.1, -0.05) is 23.8 Å². The second kappa shape index (κ2) is 8.26. The summed E-state index contributed by atoms with van der Waals surface area (Å²) in [6.45, 7) is 6.17. The fourth-order valence-corrected chi connectivity index (χ4v) is 3.90. The van der Waals surface area contributed by atoms with Gasteiger partial charge in [0.1, 0.15) is 5.75 Å². The lowest BCUT2D eigenvalue weighted by Gasteiger charge is -2.17. The van der Waals surface area contributed by atoms with Gasteiger partial charge in [-0.25, -0.2) is 4.68 Å². The summed E-state index contributed by atoms with van der Waals surface area (Å²) >= 11 is 0. The lowest BCUT2D eigenvalue weighted by molar-refractivity contribution is -0.122. The fraction of sp³-hybridized carbons (Fsp3) is 0.292. The minimum atomic E-state index is -0.430. The normalized spacial score (nSPS) is 15.9. The van der Waals surface area contributed by atoms with Crippen molar-refractivity contribution in [1.82, 2.24) is 9.78 Å². The van der Waals surface area contributed by atoms with Crippen molar-refractivity contribution in [2.24, 2.45) is 5.92 Å². The average molecular weight is 418 g/mol. The third kappa shape index (κ3) is 4.03. The van der Waals surface area contributed by atoms with Gasteiger partial charge in [-0.3, -0.25) is 9.59 Å².